The van der Waals surface area contributed by atoms with Gasteiger partial charge in [0, 0.05) is 24.2 Å². The number of carbonyl (C=O) groups excluding carboxylic acids is 3. The molecule has 0 spiro atoms. The van der Waals surface area contributed by atoms with Gasteiger partial charge in [0.2, 0.25) is 0 Å². The highest BCUT2D eigenvalue weighted by Gasteiger charge is 2.33. The van der Waals surface area contributed by atoms with E-state index in [1.165, 1.54) is 12.2 Å². The molecule has 4 unspecified atom stereocenters. The first kappa shape index (κ1) is 36.5. The number of hydrogen-bond acceptors (Lipinski definition) is 6. The Balaban J connectivity index is 3.40. The lowest BCUT2D eigenvalue weighted by Gasteiger charge is -2.32. The molecule has 1 aliphatic heterocycles. The van der Waals surface area contributed by atoms with Gasteiger partial charge in [-0.2, -0.15) is 12.6 Å². The Hall–Kier alpha value is -2.48. The van der Waals surface area contributed by atoms with Crippen LogP contribution in [0.25, 0.3) is 0 Å². The number of aliphatic hydroxyl groups is 1. The third-order valence-electron chi connectivity index (χ3n) is 8.26. The maximum Gasteiger partial charge on any atom is 0.260 e. The third-order valence-corrected chi connectivity index (χ3v) is 8.58. The molecule has 0 saturated carbocycles. The molecule has 0 bridgehead atoms. The van der Waals surface area contributed by atoms with E-state index >= 15 is 0 Å². The van der Waals surface area contributed by atoms with Crippen LogP contribution in [-0.4, -0.2) is 71.0 Å². The van der Waals surface area contributed by atoms with Gasteiger partial charge in [-0.25, -0.2) is 0 Å². The topological polar surface area (TPSA) is 77.9 Å². The molecule has 4 atom stereocenters. The number of rotatable bonds is 15. The molecule has 41 heavy (non-hydrogen) atoms. The predicted molar refractivity (Wildman–Crippen MR) is 174 cm³/mol. The fourth-order valence-corrected chi connectivity index (χ4v) is 5.13. The predicted octanol–water partition coefficient (Wildman–Crippen LogP) is 6.12. The summed E-state index contributed by atoms with van der Waals surface area (Å²) in [6.45, 7) is 20.5. The number of likely N-dealkylation sites (N-methyl/N-ethyl adjacent to an activating group) is 1. The first-order chi connectivity index (χ1) is 19.3. The van der Waals surface area contributed by atoms with Crippen molar-refractivity contribution in [1.29, 1.82) is 0 Å². The van der Waals surface area contributed by atoms with Crippen LogP contribution in [0, 0.1) is 17.3 Å². The van der Waals surface area contributed by atoms with Crippen molar-refractivity contribution in [1.82, 2.24) is 9.80 Å². The summed E-state index contributed by atoms with van der Waals surface area (Å²) in [7, 11) is 2.01. The second-order valence-electron chi connectivity index (χ2n) is 11.7. The van der Waals surface area contributed by atoms with Gasteiger partial charge in [-0.3, -0.25) is 19.4 Å². The molecule has 1 heterocycles. The number of imide groups is 1. The molecular weight excluding hydrogens is 532 g/mol. The lowest BCUT2D eigenvalue weighted by atomic mass is 9.81. The Kier molecular flexibility index (Phi) is 15.6. The number of allylic oxidation sites excluding steroid dienone is 4. The SMILES string of the molecule is C=C1C(=O)N(C(CO)C(C)C)C(=O)/C=C/C=CC(C=O)/C(C(=C)CN(C)C(C)/C=C\C(C)(CC)CCCCS)=C/1C. The molecule has 1 N–H and O–H groups in total. The van der Waals surface area contributed by atoms with Crippen molar-refractivity contribution in [2.24, 2.45) is 17.3 Å². The fourth-order valence-electron chi connectivity index (χ4n) is 4.90. The van der Waals surface area contributed by atoms with E-state index < -0.39 is 23.8 Å². The monoisotopic (exact) mass is 584 g/mol. The summed E-state index contributed by atoms with van der Waals surface area (Å²) in [5, 5.41) is 10.0. The van der Waals surface area contributed by atoms with Gasteiger partial charge in [0.25, 0.3) is 11.8 Å². The molecule has 0 aromatic rings. The highest BCUT2D eigenvalue weighted by atomic mass is 32.1. The summed E-state index contributed by atoms with van der Waals surface area (Å²) in [4.78, 5) is 42.2. The number of amides is 2. The van der Waals surface area contributed by atoms with Gasteiger partial charge < -0.3 is 9.90 Å². The van der Waals surface area contributed by atoms with Crippen LogP contribution in [0.3, 0.4) is 0 Å². The minimum absolute atomic E-state index is 0.0969. The number of hydrogen-bond donors (Lipinski definition) is 2. The normalized spacial score (nSPS) is 22.7. The van der Waals surface area contributed by atoms with E-state index in [0.717, 1.165) is 42.6 Å². The average molecular weight is 585 g/mol. The lowest BCUT2D eigenvalue weighted by Crippen LogP contribution is -2.49. The standard InChI is InChI=1S/C34H52N2O4S/c1-10-34(8,18-13-14-20-41)19-17-26(5)35(9)21-25(4)32-27(6)28(7)33(40)36(30(23-38)24(2)3)31(39)16-12-11-15-29(32)22-37/h11-12,15-17,19,22,24,26,29-30,38,41H,4,7,10,13-14,18,20-21,23H2,1-3,5-6,8-9H3/b15-11?,16-12+,19-17-,32-27+. The van der Waals surface area contributed by atoms with E-state index in [1.807, 2.05) is 20.9 Å². The van der Waals surface area contributed by atoms with E-state index in [4.69, 9.17) is 0 Å². The average Bonchev–Trinajstić information content (AvgIpc) is 2.95. The van der Waals surface area contributed by atoms with Gasteiger partial charge in [0.05, 0.1) is 18.6 Å². The van der Waals surface area contributed by atoms with E-state index in [9.17, 15) is 19.5 Å². The van der Waals surface area contributed by atoms with E-state index in [1.54, 1.807) is 19.1 Å². The Morgan fingerprint density at radius 1 is 1.24 bits per heavy atom. The largest absolute Gasteiger partial charge is 0.394 e. The zero-order valence-electron chi connectivity index (χ0n) is 26.2. The fraction of sp³-hybridized carbons (Fsp3) is 0.559. The van der Waals surface area contributed by atoms with Crippen LogP contribution < -0.4 is 0 Å². The van der Waals surface area contributed by atoms with Crippen LogP contribution >= 0.6 is 12.6 Å². The summed E-state index contributed by atoms with van der Waals surface area (Å²) in [6.07, 6.45) is 15.9. The first-order valence-electron chi connectivity index (χ1n) is 14.7. The van der Waals surface area contributed by atoms with Crippen LogP contribution in [0.1, 0.15) is 67.2 Å². The number of unbranched alkanes of at least 4 members (excludes halogenated alkanes) is 1. The molecule has 0 fully saturated rings. The van der Waals surface area contributed by atoms with E-state index in [0.29, 0.717) is 23.3 Å². The minimum Gasteiger partial charge on any atom is -0.394 e. The number of aldehydes is 1. The Morgan fingerprint density at radius 2 is 1.90 bits per heavy atom. The summed E-state index contributed by atoms with van der Waals surface area (Å²) in [5.74, 6) is -1.08. The molecule has 0 aromatic carbocycles. The highest BCUT2D eigenvalue weighted by molar-refractivity contribution is 7.80. The highest BCUT2D eigenvalue weighted by Crippen LogP contribution is 2.32. The van der Waals surface area contributed by atoms with Gasteiger partial charge in [-0.15, -0.1) is 0 Å². The summed E-state index contributed by atoms with van der Waals surface area (Å²) in [6, 6.07) is -0.610. The summed E-state index contributed by atoms with van der Waals surface area (Å²) >= 11 is 4.34. The Morgan fingerprint density at radius 3 is 2.44 bits per heavy atom. The molecule has 1 aliphatic rings. The zero-order chi connectivity index (χ0) is 31.3. The van der Waals surface area contributed by atoms with Crippen LogP contribution in [0.5, 0.6) is 0 Å². The van der Waals surface area contributed by atoms with Gasteiger partial charge in [0.15, 0.2) is 0 Å². The van der Waals surface area contributed by atoms with Crippen LogP contribution in [0.2, 0.25) is 0 Å². The molecule has 2 amide bonds. The molecule has 0 saturated heterocycles. The van der Waals surface area contributed by atoms with E-state index in [2.05, 4.69) is 63.6 Å². The van der Waals surface area contributed by atoms with Crippen molar-refractivity contribution < 1.29 is 19.5 Å². The van der Waals surface area contributed by atoms with Crippen LogP contribution in [0.4, 0.5) is 0 Å². The van der Waals surface area contributed by atoms with E-state index in [-0.39, 0.29) is 29.6 Å². The maximum atomic E-state index is 13.7. The Labute approximate surface area is 254 Å². The van der Waals surface area contributed by atoms with Crippen molar-refractivity contribution in [2.75, 3.05) is 26.0 Å². The summed E-state index contributed by atoms with van der Waals surface area (Å²) in [5.41, 5.74) is 2.02. The van der Waals surface area contributed by atoms with Crippen LogP contribution in [-0.2, 0) is 14.4 Å². The molecule has 0 aliphatic carbocycles. The van der Waals surface area contributed by atoms with Gasteiger partial charge >= 0.3 is 0 Å². The van der Waals surface area contributed by atoms with Crippen molar-refractivity contribution in [3.05, 3.63) is 71.9 Å². The molecule has 0 aromatic heterocycles. The van der Waals surface area contributed by atoms with Crippen LogP contribution in [0.15, 0.2) is 71.9 Å². The van der Waals surface area contributed by atoms with Gasteiger partial charge in [-0.1, -0.05) is 77.7 Å². The molecule has 7 heteroatoms. The summed E-state index contributed by atoms with van der Waals surface area (Å²) < 4.78 is 0. The van der Waals surface area contributed by atoms with Gasteiger partial charge in [-0.05, 0) is 74.0 Å². The number of carbonyl (C=O) groups is 3. The van der Waals surface area contributed by atoms with Gasteiger partial charge in [0.1, 0.15) is 6.29 Å². The number of aliphatic hydroxyl groups excluding tert-OH is 1. The molecule has 6 nitrogen and oxygen atoms in total. The minimum atomic E-state index is -0.715. The number of thiol groups is 1. The number of nitrogens with zero attached hydrogens (tertiary/aromatic N) is 2. The lowest BCUT2D eigenvalue weighted by molar-refractivity contribution is -0.144. The molecule has 1 rings (SSSR count). The third kappa shape index (κ3) is 10.4. The molecular formula is C34H52N2O4S. The second-order valence-corrected chi connectivity index (χ2v) is 12.2. The van der Waals surface area contributed by atoms with Crippen molar-refractivity contribution in [3.63, 3.8) is 0 Å². The second kappa shape index (κ2) is 17.5. The van der Waals surface area contributed by atoms with Crippen molar-refractivity contribution >= 4 is 30.7 Å². The quantitative estimate of drug-likeness (QED) is 0.0606. The van der Waals surface area contributed by atoms with Crippen molar-refractivity contribution in [2.45, 2.75) is 79.3 Å². The zero-order valence-corrected chi connectivity index (χ0v) is 27.1. The van der Waals surface area contributed by atoms with Crippen molar-refractivity contribution in [3.8, 4) is 0 Å². The Bertz CT molecular complexity index is 1070. The first-order valence-corrected chi connectivity index (χ1v) is 15.3. The smallest absolute Gasteiger partial charge is 0.260 e. The molecule has 228 valence electrons. The molecule has 0 radical (unpaired) electrons. The maximum absolute atomic E-state index is 13.7.